The van der Waals surface area contributed by atoms with E-state index in [1.54, 1.807) is 6.07 Å². The number of fused-ring (bicyclic) bond motifs is 1. The molecule has 0 aromatic heterocycles. The second kappa shape index (κ2) is 10.2. The van der Waals surface area contributed by atoms with Gasteiger partial charge in [-0.1, -0.05) is 12.1 Å². The van der Waals surface area contributed by atoms with Gasteiger partial charge < -0.3 is 24.4 Å². The third-order valence-electron chi connectivity index (χ3n) is 5.56. The Hall–Kier alpha value is -3.24. The summed E-state index contributed by atoms with van der Waals surface area (Å²) in [5, 5.41) is 11.9. The van der Waals surface area contributed by atoms with Gasteiger partial charge in [0.15, 0.2) is 6.61 Å². The van der Waals surface area contributed by atoms with Crippen molar-refractivity contribution in [3.63, 3.8) is 0 Å². The molecule has 31 heavy (non-hydrogen) atoms. The minimum Gasteiger partial charge on any atom is -0.493 e. The summed E-state index contributed by atoms with van der Waals surface area (Å²) in [6, 6.07) is 15.0. The summed E-state index contributed by atoms with van der Waals surface area (Å²) in [7, 11) is 0. The number of nitrogens with zero attached hydrogens (tertiary/aromatic N) is 2. The maximum Gasteiger partial charge on any atom is 0.262 e. The van der Waals surface area contributed by atoms with E-state index < -0.39 is 0 Å². The molecule has 7 nitrogen and oxygen atoms in total. The number of carbonyl (C=O) groups is 1. The largest absolute Gasteiger partial charge is 0.493 e. The highest BCUT2D eigenvalue weighted by Gasteiger charge is 2.21. The molecule has 0 aliphatic carbocycles. The summed E-state index contributed by atoms with van der Waals surface area (Å²) in [4.78, 5) is 13.9. The summed E-state index contributed by atoms with van der Waals surface area (Å²) < 4.78 is 17.2. The van der Waals surface area contributed by atoms with Gasteiger partial charge in [0.25, 0.3) is 5.91 Å². The molecule has 162 valence electrons. The van der Waals surface area contributed by atoms with Crippen LogP contribution < -0.4 is 19.5 Å². The van der Waals surface area contributed by atoms with Crippen LogP contribution in [0.5, 0.6) is 17.2 Å². The van der Waals surface area contributed by atoms with Gasteiger partial charge >= 0.3 is 0 Å². The zero-order valence-electron chi connectivity index (χ0n) is 17.5. The van der Waals surface area contributed by atoms with Crippen molar-refractivity contribution < 1.29 is 19.0 Å². The van der Waals surface area contributed by atoms with E-state index in [2.05, 4.69) is 16.3 Å². The summed E-state index contributed by atoms with van der Waals surface area (Å²) in [6.07, 6.45) is 3.21. The van der Waals surface area contributed by atoms with E-state index in [4.69, 9.17) is 19.5 Å². The fourth-order valence-electron chi connectivity index (χ4n) is 4.01. The maximum absolute atomic E-state index is 11.5. The first-order chi connectivity index (χ1) is 15.2. The van der Waals surface area contributed by atoms with Crippen molar-refractivity contribution in [3.8, 4) is 23.3 Å². The van der Waals surface area contributed by atoms with Crippen LogP contribution in [0.15, 0.2) is 42.5 Å². The van der Waals surface area contributed by atoms with Gasteiger partial charge in [0.2, 0.25) is 0 Å². The Kier molecular flexibility index (Phi) is 6.90. The van der Waals surface area contributed by atoms with Crippen LogP contribution in [-0.4, -0.2) is 50.3 Å². The Bertz CT molecular complexity index is 956. The average molecular weight is 421 g/mol. The monoisotopic (exact) mass is 421 g/mol. The van der Waals surface area contributed by atoms with Gasteiger partial charge in [-0.25, -0.2) is 0 Å². The molecular formula is C24H27N3O4. The minimum atomic E-state index is -0.146. The van der Waals surface area contributed by atoms with Crippen molar-refractivity contribution in [2.75, 3.05) is 44.8 Å². The summed E-state index contributed by atoms with van der Waals surface area (Å²) >= 11 is 0. The lowest BCUT2D eigenvalue weighted by atomic mass is 9.99. The highest BCUT2D eigenvalue weighted by atomic mass is 16.5. The number of hydrogen-bond acceptors (Lipinski definition) is 6. The number of rotatable bonds is 8. The van der Waals surface area contributed by atoms with Gasteiger partial charge in [0.05, 0.1) is 24.5 Å². The molecule has 0 saturated carbocycles. The first-order valence-electron chi connectivity index (χ1n) is 10.7. The minimum absolute atomic E-state index is 0.0565. The van der Waals surface area contributed by atoms with Crippen molar-refractivity contribution in [2.45, 2.75) is 19.3 Å². The molecule has 0 radical (unpaired) electrons. The van der Waals surface area contributed by atoms with Crippen molar-refractivity contribution in [3.05, 3.63) is 48.0 Å². The summed E-state index contributed by atoms with van der Waals surface area (Å²) in [5.74, 6) is 2.40. The van der Waals surface area contributed by atoms with E-state index in [9.17, 15) is 4.79 Å². The Labute approximate surface area is 182 Å². The molecule has 2 heterocycles. The molecule has 2 aliphatic heterocycles. The van der Waals surface area contributed by atoms with Crippen LogP contribution in [0.4, 0.5) is 5.69 Å². The molecule has 0 bridgehead atoms. The Morgan fingerprint density at radius 1 is 1.23 bits per heavy atom. The van der Waals surface area contributed by atoms with E-state index in [1.165, 1.54) is 0 Å². The number of nitriles is 1. The molecule has 1 fully saturated rings. The average Bonchev–Trinajstić information content (AvgIpc) is 2.80. The molecule has 1 unspecified atom stereocenters. The number of hydrogen-bond donors (Lipinski definition) is 1. The van der Waals surface area contributed by atoms with Gasteiger partial charge in [-0.15, -0.1) is 0 Å². The van der Waals surface area contributed by atoms with Crippen molar-refractivity contribution in [1.82, 2.24) is 4.90 Å². The maximum atomic E-state index is 11.5. The Morgan fingerprint density at radius 3 is 3.03 bits per heavy atom. The highest BCUT2D eigenvalue weighted by Crippen LogP contribution is 2.32. The van der Waals surface area contributed by atoms with Crippen LogP contribution in [0.1, 0.15) is 24.8 Å². The predicted molar refractivity (Wildman–Crippen MR) is 116 cm³/mol. The van der Waals surface area contributed by atoms with E-state index in [-0.39, 0.29) is 12.5 Å². The van der Waals surface area contributed by atoms with Gasteiger partial charge in [0, 0.05) is 25.1 Å². The molecule has 1 saturated heterocycles. The topological polar surface area (TPSA) is 83.8 Å². The van der Waals surface area contributed by atoms with E-state index in [0.29, 0.717) is 41.9 Å². The molecule has 1 atom stereocenters. The zero-order chi connectivity index (χ0) is 21.5. The molecule has 1 amide bonds. The van der Waals surface area contributed by atoms with E-state index >= 15 is 0 Å². The normalized spacial score (nSPS) is 18.3. The quantitative estimate of drug-likeness (QED) is 0.658. The molecule has 2 aliphatic rings. The second-order valence-electron chi connectivity index (χ2n) is 7.92. The number of para-hydroxylation sites is 1. The zero-order valence-corrected chi connectivity index (χ0v) is 17.5. The second-order valence-corrected chi connectivity index (χ2v) is 7.92. The molecular weight excluding hydrogens is 394 g/mol. The third-order valence-corrected chi connectivity index (χ3v) is 5.56. The van der Waals surface area contributed by atoms with Gasteiger partial charge in [0.1, 0.15) is 23.3 Å². The lowest BCUT2D eigenvalue weighted by Gasteiger charge is -2.32. The van der Waals surface area contributed by atoms with Crippen LogP contribution in [0, 0.1) is 17.2 Å². The lowest BCUT2D eigenvalue weighted by molar-refractivity contribution is -0.118. The van der Waals surface area contributed by atoms with Crippen LogP contribution in [0.3, 0.4) is 0 Å². The van der Waals surface area contributed by atoms with Crippen LogP contribution in [0.25, 0.3) is 0 Å². The number of benzene rings is 2. The standard InChI is InChI=1S/C24H27N3O4/c25-14-19-6-1-2-7-22(19)29-12-4-11-27-10-3-5-18(15-27)16-30-20-8-9-23-21(13-20)26-24(28)17-31-23/h1-2,6-9,13,18H,3-5,10-12,15-17H2,(H,26,28). The number of nitrogens with one attached hydrogen (secondary N) is 1. The molecule has 0 spiro atoms. The smallest absolute Gasteiger partial charge is 0.262 e. The molecule has 2 aromatic carbocycles. The number of carbonyl (C=O) groups excluding carboxylic acids is 1. The van der Waals surface area contributed by atoms with Crippen molar-refractivity contribution >= 4 is 11.6 Å². The fourth-order valence-corrected chi connectivity index (χ4v) is 4.01. The Morgan fingerprint density at radius 2 is 2.13 bits per heavy atom. The summed E-state index contributed by atoms with van der Waals surface area (Å²) in [6.45, 7) is 4.36. The number of amides is 1. The molecule has 2 aromatic rings. The van der Waals surface area contributed by atoms with Crippen molar-refractivity contribution in [1.29, 1.82) is 5.26 Å². The van der Waals surface area contributed by atoms with Gasteiger partial charge in [-0.3, -0.25) is 4.79 Å². The SMILES string of the molecule is N#Cc1ccccc1OCCCN1CCCC(COc2ccc3c(c2)NC(=O)CO3)C1. The number of likely N-dealkylation sites (tertiary alicyclic amines) is 1. The number of ether oxygens (including phenoxy) is 3. The van der Waals surface area contributed by atoms with Crippen LogP contribution >= 0.6 is 0 Å². The van der Waals surface area contributed by atoms with Crippen LogP contribution in [0.2, 0.25) is 0 Å². The van der Waals surface area contributed by atoms with Crippen LogP contribution in [-0.2, 0) is 4.79 Å². The summed E-state index contributed by atoms with van der Waals surface area (Å²) in [5.41, 5.74) is 1.24. The number of anilines is 1. The first kappa shape index (κ1) is 21.0. The van der Waals surface area contributed by atoms with Gasteiger partial charge in [-0.2, -0.15) is 5.26 Å². The third kappa shape index (κ3) is 5.68. The first-order valence-corrected chi connectivity index (χ1v) is 10.7. The molecule has 1 N–H and O–H groups in total. The predicted octanol–water partition coefficient (Wildman–Crippen LogP) is 3.45. The van der Waals surface area contributed by atoms with E-state index in [0.717, 1.165) is 44.6 Å². The number of piperidine rings is 1. The van der Waals surface area contributed by atoms with E-state index in [1.807, 2.05) is 36.4 Å². The lowest BCUT2D eigenvalue weighted by Crippen LogP contribution is -2.38. The molecule has 7 heteroatoms. The fraction of sp³-hybridized carbons (Fsp3) is 0.417. The van der Waals surface area contributed by atoms with Gasteiger partial charge in [-0.05, 0) is 50.1 Å². The van der Waals surface area contributed by atoms with Crippen molar-refractivity contribution in [2.24, 2.45) is 5.92 Å². The molecule has 4 rings (SSSR count). The highest BCUT2D eigenvalue weighted by molar-refractivity contribution is 5.95. The Balaban J connectivity index is 1.20.